The van der Waals surface area contributed by atoms with Crippen molar-refractivity contribution in [1.82, 2.24) is 19.5 Å². The molecule has 3 aromatic rings. The summed E-state index contributed by atoms with van der Waals surface area (Å²) < 4.78 is 13.1. The number of ether oxygens (including phenoxy) is 2. The highest BCUT2D eigenvalue weighted by molar-refractivity contribution is 6.28. The Kier molecular flexibility index (Phi) is 5.90. The molecule has 4 heterocycles. The summed E-state index contributed by atoms with van der Waals surface area (Å²) in [7, 11) is 0. The maximum absolute atomic E-state index is 11.8. The molecule has 10 nitrogen and oxygen atoms in total. The van der Waals surface area contributed by atoms with Crippen LogP contribution in [0.15, 0.2) is 24.5 Å². The molecule has 5 rings (SSSR count). The second kappa shape index (κ2) is 8.97. The molecule has 1 N–H and O–H groups in total. The molecule has 2 aliphatic heterocycles. The molecule has 0 amide bonds. The maximum atomic E-state index is 11.8. The number of halogens is 1. The van der Waals surface area contributed by atoms with Gasteiger partial charge in [0.05, 0.1) is 11.3 Å². The Morgan fingerprint density at radius 1 is 1.16 bits per heavy atom. The van der Waals surface area contributed by atoms with Gasteiger partial charge in [0, 0.05) is 37.5 Å². The highest BCUT2D eigenvalue weighted by atomic mass is 35.5. The summed E-state index contributed by atoms with van der Waals surface area (Å²) in [6.45, 7) is 1.98. The van der Waals surface area contributed by atoms with Crippen molar-refractivity contribution >= 4 is 34.1 Å². The van der Waals surface area contributed by atoms with Crippen molar-refractivity contribution < 1.29 is 14.4 Å². The van der Waals surface area contributed by atoms with Crippen LogP contribution in [0.4, 0.5) is 11.4 Å². The quantitative estimate of drug-likeness (QED) is 0.340. The lowest BCUT2D eigenvalue weighted by Crippen LogP contribution is -2.28. The molecule has 2 fully saturated rings. The van der Waals surface area contributed by atoms with Gasteiger partial charge in [0.25, 0.3) is 5.69 Å². The first kappa shape index (κ1) is 21.0. The molecule has 0 spiro atoms. The fraction of sp³-hybridized carbons (Fsp3) is 0.476. The van der Waals surface area contributed by atoms with E-state index in [-0.39, 0.29) is 28.2 Å². The van der Waals surface area contributed by atoms with Gasteiger partial charge in [0.15, 0.2) is 5.65 Å². The first-order valence-corrected chi connectivity index (χ1v) is 11.1. The molecule has 2 aromatic heterocycles. The largest absolute Gasteiger partial charge is 0.381 e. The molecule has 2 saturated heterocycles. The number of fused-ring (bicyclic) bond motifs is 1. The van der Waals surface area contributed by atoms with Crippen LogP contribution in [-0.4, -0.2) is 50.3 Å². The molecular formula is C21H23ClN6O4. The Morgan fingerprint density at radius 3 is 2.75 bits per heavy atom. The van der Waals surface area contributed by atoms with Crippen molar-refractivity contribution in [2.75, 3.05) is 25.1 Å². The predicted molar refractivity (Wildman–Crippen MR) is 119 cm³/mol. The molecule has 1 unspecified atom stereocenters. The van der Waals surface area contributed by atoms with Crippen LogP contribution in [0.3, 0.4) is 0 Å². The van der Waals surface area contributed by atoms with Crippen LogP contribution in [0.2, 0.25) is 5.28 Å². The van der Waals surface area contributed by atoms with Crippen LogP contribution in [0.25, 0.3) is 22.4 Å². The van der Waals surface area contributed by atoms with Gasteiger partial charge in [0.1, 0.15) is 23.1 Å². The first-order valence-electron chi connectivity index (χ1n) is 10.7. The monoisotopic (exact) mass is 458 g/mol. The Hall–Kier alpha value is -2.82. The van der Waals surface area contributed by atoms with Crippen molar-refractivity contribution in [1.29, 1.82) is 0 Å². The first-order chi connectivity index (χ1) is 15.6. The number of nitrogens with zero attached hydrogens (tertiary/aromatic N) is 5. The maximum Gasteiger partial charge on any atom is 0.292 e. The minimum atomic E-state index is -0.389. The van der Waals surface area contributed by atoms with Crippen molar-refractivity contribution in [3.05, 3.63) is 39.9 Å². The average molecular weight is 459 g/mol. The number of benzene rings is 1. The molecule has 0 saturated carbocycles. The molecule has 1 aromatic carbocycles. The Balaban J connectivity index is 1.53. The lowest BCUT2D eigenvalue weighted by Gasteiger charge is -2.24. The van der Waals surface area contributed by atoms with Crippen LogP contribution in [-0.2, 0) is 9.47 Å². The zero-order chi connectivity index (χ0) is 22.1. The van der Waals surface area contributed by atoms with Crippen LogP contribution in [0.1, 0.15) is 38.3 Å². The summed E-state index contributed by atoms with van der Waals surface area (Å²) in [5, 5.41) is 15.2. The van der Waals surface area contributed by atoms with Gasteiger partial charge in [-0.3, -0.25) is 14.7 Å². The average Bonchev–Trinajstić information content (AvgIpc) is 3.23. The second-order valence-electron chi connectivity index (χ2n) is 8.01. The zero-order valence-electron chi connectivity index (χ0n) is 17.4. The van der Waals surface area contributed by atoms with E-state index in [0.29, 0.717) is 47.9 Å². The van der Waals surface area contributed by atoms with Gasteiger partial charge in [0.2, 0.25) is 5.28 Å². The van der Waals surface area contributed by atoms with Crippen LogP contribution in [0.5, 0.6) is 0 Å². The highest BCUT2D eigenvalue weighted by Gasteiger charge is 2.24. The number of nitro benzene ring substituents is 1. The van der Waals surface area contributed by atoms with Crippen molar-refractivity contribution in [3.8, 4) is 11.3 Å². The summed E-state index contributed by atoms with van der Waals surface area (Å²) in [5.74, 6) is 0. The zero-order valence-corrected chi connectivity index (χ0v) is 18.1. The molecule has 0 radical (unpaired) electrons. The minimum absolute atomic E-state index is 0.0214. The third kappa shape index (κ3) is 4.13. The second-order valence-corrected chi connectivity index (χ2v) is 8.34. The third-order valence-corrected chi connectivity index (χ3v) is 6.08. The standard InChI is InChI=1S/C21H23ClN6O4/c22-21-25-18(19-20(26-21)27(12-23-19)17-3-1-2-8-32-17)13-4-5-15(16(11-13)28(29)30)24-14-6-9-31-10-7-14/h4-5,11-12,14,17,24H,1-3,6-10H2. The number of imidazole rings is 1. The summed E-state index contributed by atoms with van der Waals surface area (Å²) in [4.78, 5) is 24.7. The summed E-state index contributed by atoms with van der Waals surface area (Å²) >= 11 is 6.24. The van der Waals surface area contributed by atoms with E-state index in [4.69, 9.17) is 21.1 Å². The Bertz CT molecular complexity index is 1140. The molecule has 1 atom stereocenters. The number of aromatic nitrogens is 4. The minimum Gasteiger partial charge on any atom is -0.381 e. The SMILES string of the molecule is O=[N+]([O-])c1cc(-c2nc(Cl)nc3c2ncn3C2CCCCO2)ccc1NC1CCOCC1. The van der Waals surface area contributed by atoms with Gasteiger partial charge in [-0.25, -0.2) is 9.97 Å². The van der Waals surface area contributed by atoms with Crippen molar-refractivity contribution in [3.63, 3.8) is 0 Å². The van der Waals surface area contributed by atoms with E-state index in [0.717, 1.165) is 32.1 Å². The van der Waals surface area contributed by atoms with E-state index < -0.39 is 0 Å². The number of hydrogen-bond donors (Lipinski definition) is 1. The lowest BCUT2D eigenvalue weighted by molar-refractivity contribution is -0.383. The highest BCUT2D eigenvalue weighted by Crippen LogP contribution is 2.35. The van der Waals surface area contributed by atoms with E-state index in [9.17, 15) is 10.1 Å². The van der Waals surface area contributed by atoms with Gasteiger partial charge in [-0.05, 0) is 49.8 Å². The molecule has 11 heteroatoms. The normalized spacial score (nSPS) is 19.8. The summed E-state index contributed by atoms with van der Waals surface area (Å²) in [5.41, 5.74) is 2.55. The molecule has 0 bridgehead atoms. The van der Waals surface area contributed by atoms with Gasteiger partial charge in [-0.15, -0.1) is 0 Å². The number of rotatable bonds is 5. The van der Waals surface area contributed by atoms with Gasteiger partial charge in [-0.2, -0.15) is 4.98 Å². The molecule has 168 valence electrons. The Labute approximate surface area is 189 Å². The van der Waals surface area contributed by atoms with Gasteiger partial charge >= 0.3 is 0 Å². The van der Waals surface area contributed by atoms with E-state index in [1.807, 2.05) is 4.57 Å². The van der Waals surface area contributed by atoms with E-state index in [1.165, 1.54) is 6.07 Å². The van der Waals surface area contributed by atoms with E-state index in [1.54, 1.807) is 18.5 Å². The molecule has 2 aliphatic rings. The smallest absolute Gasteiger partial charge is 0.292 e. The molecular weight excluding hydrogens is 436 g/mol. The lowest BCUT2D eigenvalue weighted by atomic mass is 10.1. The topological polar surface area (TPSA) is 117 Å². The van der Waals surface area contributed by atoms with Gasteiger partial charge in [-0.1, -0.05) is 6.07 Å². The van der Waals surface area contributed by atoms with Crippen LogP contribution < -0.4 is 5.32 Å². The third-order valence-electron chi connectivity index (χ3n) is 5.91. The van der Waals surface area contributed by atoms with Gasteiger partial charge < -0.3 is 14.8 Å². The fourth-order valence-corrected chi connectivity index (χ4v) is 4.42. The molecule has 0 aliphatic carbocycles. The number of hydrogen-bond acceptors (Lipinski definition) is 8. The van der Waals surface area contributed by atoms with Crippen LogP contribution >= 0.6 is 11.6 Å². The number of nitro groups is 1. The van der Waals surface area contributed by atoms with E-state index >= 15 is 0 Å². The van der Waals surface area contributed by atoms with Crippen LogP contribution in [0, 0.1) is 10.1 Å². The molecule has 32 heavy (non-hydrogen) atoms. The Morgan fingerprint density at radius 2 is 2.00 bits per heavy atom. The van der Waals surface area contributed by atoms with Crippen molar-refractivity contribution in [2.24, 2.45) is 0 Å². The summed E-state index contributed by atoms with van der Waals surface area (Å²) in [6, 6.07) is 5.16. The fourth-order valence-electron chi connectivity index (χ4n) is 4.26. The summed E-state index contributed by atoms with van der Waals surface area (Å²) in [6.07, 6.45) is 6.08. The van der Waals surface area contributed by atoms with Crippen molar-refractivity contribution in [2.45, 2.75) is 44.4 Å². The predicted octanol–water partition coefficient (Wildman–Crippen LogP) is 4.34. The number of nitrogens with one attached hydrogen (secondary N) is 1. The number of anilines is 1. The van der Waals surface area contributed by atoms with E-state index in [2.05, 4.69) is 20.3 Å².